The summed E-state index contributed by atoms with van der Waals surface area (Å²) in [6.45, 7) is 18.1. The molecule has 0 amide bonds. The van der Waals surface area contributed by atoms with Crippen molar-refractivity contribution in [3.8, 4) is 0 Å². The minimum atomic E-state index is -1.90. The van der Waals surface area contributed by atoms with Crippen LogP contribution in [0, 0.1) is 5.92 Å². The Bertz CT molecular complexity index is 1560. The third kappa shape index (κ3) is 9.04. The van der Waals surface area contributed by atoms with Crippen molar-refractivity contribution >= 4 is 36.9 Å². The van der Waals surface area contributed by atoms with Crippen molar-refractivity contribution in [3.05, 3.63) is 24.3 Å². The molecule has 2 unspecified atom stereocenters. The summed E-state index contributed by atoms with van der Waals surface area (Å²) in [5.74, 6) is -0.981. The van der Waals surface area contributed by atoms with Gasteiger partial charge >= 0.3 is 5.97 Å². The van der Waals surface area contributed by atoms with E-state index >= 15 is 0 Å². The van der Waals surface area contributed by atoms with Gasteiger partial charge in [0.15, 0.2) is 14.1 Å². The van der Waals surface area contributed by atoms with Crippen molar-refractivity contribution < 1.29 is 57.0 Å². The normalized spacial score (nSPS) is 48.7. The van der Waals surface area contributed by atoms with Crippen molar-refractivity contribution in [1.82, 2.24) is 0 Å². The number of aliphatic hydroxyl groups is 1. The van der Waals surface area contributed by atoms with Crippen molar-refractivity contribution in [2.75, 3.05) is 4.43 Å². The molecule has 9 saturated heterocycles. The van der Waals surface area contributed by atoms with Crippen LogP contribution in [0.3, 0.4) is 0 Å². The quantitative estimate of drug-likeness (QED) is 0.0937. The number of ether oxygens (including phenoxy) is 9. The summed E-state index contributed by atoms with van der Waals surface area (Å²) in [6.07, 6.45) is 4.80. The monoisotopic (exact) mass is 970 g/mol. The second kappa shape index (κ2) is 18.4. The number of halogens is 1. The van der Waals surface area contributed by atoms with E-state index in [9.17, 15) is 9.90 Å². The molecule has 0 aromatic heterocycles. The van der Waals surface area contributed by atoms with Gasteiger partial charge in [0.25, 0.3) is 0 Å². The zero-order valence-corrected chi connectivity index (χ0v) is 39.5. The van der Waals surface area contributed by atoms with Crippen LogP contribution in [0.5, 0.6) is 0 Å². The van der Waals surface area contributed by atoms with Crippen LogP contribution in [0.15, 0.2) is 24.3 Å². The summed E-state index contributed by atoms with van der Waals surface area (Å²) in [4.78, 5) is 14.1. The summed E-state index contributed by atoms with van der Waals surface area (Å²) in [6, 6.07) is 3.24. The molecule has 9 rings (SSSR count). The van der Waals surface area contributed by atoms with Gasteiger partial charge in [-0.05, 0) is 80.1 Å². The predicted molar refractivity (Wildman–Crippen MR) is 233 cm³/mol. The Morgan fingerprint density at radius 3 is 2.20 bits per heavy atom. The van der Waals surface area contributed by atoms with Gasteiger partial charge in [0.05, 0.1) is 91.9 Å². The molecule has 19 atom stereocenters. The summed E-state index contributed by atoms with van der Waals surface area (Å²) in [7, 11) is -1.90. The number of carbonyl (C=O) groups excluding carboxylic acids is 1. The van der Waals surface area contributed by atoms with E-state index in [2.05, 4.69) is 63.4 Å². The maximum absolute atomic E-state index is 14.1. The van der Waals surface area contributed by atoms with Crippen LogP contribution in [-0.2, 0) is 51.9 Å². The second-order valence-electron chi connectivity index (χ2n) is 19.8. The van der Waals surface area contributed by atoms with E-state index in [1.165, 1.54) is 0 Å². The Hall–Kier alpha value is -0.503. The van der Waals surface area contributed by atoms with Gasteiger partial charge in [-0.1, -0.05) is 63.4 Å². The molecule has 0 aromatic carbocycles. The van der Waals surface area contributed by atoms with Gasteiger partial charge in [-0.25, -0.2) is 0 Å². The lowest BCUT2D eigenvalue weighted by atomic mass is 9.83. The minimum Gasteiger partial charge on any atom is -0.459 e. The highest BCUT2D eigenvalue weighted by molar-refractivity contribution is 14.1. The fourth-order valence-electron chi connectivity index (χ4n) is 12.3. The molecule has 0 saturated carbocycles. The minimum absolute atomic E-state index is 0.000359. The molecule has 10 bridgehead atoms. The Morgan fingerprint density at radius 1 is 0.717 bits per heavy atom. The van der Waals surface area contributed by atoms with Crippen molar-refractivity contribution in [3.63, 3.8) is 0 Å². The molecule has 9 fully saturated rings. The Morgan fingerprint density at radius 2 is 1.42 bits per heavy atom. The zero-order valence-electron chi connectivity index (χ0n) is 36.4. The number of alkyl halides is 1. The highest BCUT2D eigenvalue weighted by atomic mass is 127. The van der Waals surface area contributed by atoms with E-state index in [-0.39, 0.29) is 97.7 Å². The SMILES string of the molecule is C=C1C[C@@H]2CC[C@]34C[C@@H](O)[C@H](O3)[C@H]3C[C@@H](O4)[C@H]4OC(CC[C@@H]4O3)CC(=O)O[C@@H]3C[C@@H]4O[C@H](CI)[C@H](O[Si](CC)(CC)CC)C[C@@H]4O[C@H]3C[C@H]3O[C@@H](CCC1O2)C[C@@H](C)C3=C. The van der Waals surface area contributed by atoms with Crippen LogP contribution in [0.1, 0.15) is 118 Å². The lowest BCUT2D eigenvalue weighted by Gasteiger charge is -2.50. The number of fused-ring (bicyclic) bond motifs is 10. The van der Waals surface area contributed by atoms with Crippen LogP contribution in [-0.4, -0.2) is 133 Å². The molecule has 12 nitrogen and oxygen atoms in total. The maximum atomic E-state index is 14.1. The van der Waals surface area contributed by atoms with Crippen molar-refractivity contribution in [1.29, 1.82) is 0 Å². The smallest absolute Gasteiger partial charge is 0.308 e. The third-order valence-corrected chi connectivity index (χ3v) is 21.6. The number of hydrogen-bond donors (Lipinski definition) is 1. The molecule has 9 heterocycles. The van der Waals surface area contributed by atoms with E-state index in [1.54, 1.807) is 0 Å². The van der Waals surface area contributed by atoms with Gasteiger partial charge < -0.3 is 52.2 Å². The Labute approximate surface area is 372 Å². The number of esters is 1. The zero-order chi connectivity index (χ0) is 41.9. The largest absolute Gasteiger partial charge is 0.459 e. The predicted octanol–water partition coefficient (Wildman–Crippen LogP) is 7.41. The van der Waals surface area contributed by atoms with Crippen LogP contribution < -0.4 is 0 Å². The van der Waals surface area contributed by atoms with Crippen LogP contribution in [0.4, 0.5) is 0 Å². The molecule has 1 spiro atoms. The lowest BCUT2D eigenvalue weighted by Crippen LogP contribution is -2.59. The molecular weight excluding hydrogens is 899 g/mol. The third-order valence-electron chi connectivity index (χ3n) is 16.1. The fraction of sp³-hybridized carbons (Fsp3) is 0.891. The van der Waals surface area contributed by atoms with E-state index < -0.39 is 38.5 Å². The van der Waals surface area contributed by atoms with Gasteiger partial charge in [0.1, 0.15) is 18.3 Å². The molecule has 14 heteroatoms. The topological polar surface area (TPSA) is 130 Å². The molecule has 60 heavy (non-hydrogen) atoms. The first-order valence-electron chi connectivity index (χ1n) is 23.7. The number of hydrogen-bond acceptors (Lipinski definition) is 12. The number of rotatable bonds is 6. The average Bonchev–Trinajstić information content (AvgIpc) is 3.73. The molecule has 9 aliphatic rings. The van der Waals surface area contributed by atoms with E-state index in [0.717, 1.165) is 78.7 Å². The first kappa shape index (κ1) is 44.7. The molecule has 0 radical (unpaired) electrons. The summed E-state index contributed by atoms with van der Waals surface area (Å²) in [5.41, 5.74) is 2.19. The second-order valence-corrected chi connectivity index (χ2v) is 25.4. The van der Waals surface area contributed by atoms with Gasteiger partial charge in [0, 0.05) is 43.0 Å². The fourth-order valence-corrected chi connectivity index (χ4v) is 15.9. The lowest BCUT2D eigenvalue weighted by molar-refractivity contribution is -0.278. The van der Waals surface area contributed by atoms with Crippen LogP contribution >= 0.6 is 22.6 Å². The highest BCUT2D eigenvalue weighted by Crippen LogP contribution is 2.49. The molecule has 0 aromatic rings. The first-order valence-corrected chi connectivity index (χ1v) is 27.7. The molecule has 9 aliphatic heterocycles. The standard InChI is InChI=1S/C46H71IO12Si/c1-7-60(8-2,9-3)59-39-21-37-36(55-42(39)24-47)20-38-35(54-37)19-34-27(6)25(4)16-28(51-34)10-12-32-26(5)17-30(50-32)14-15-46-23-31(48)44(58-46)40-22-41(57-46)45-33(53-40)13-11-29(52-45)18-43(49)56-38/h25,28-42,44-45,48H,5-24H2,1-4H3/t25-,28+,29?,30+,31-,32?,33+,34-,35+,36+,37+,38-,39-,40-,41-,42-,44+,45+,46-/m1/s1. The van der Waals surface area contributed by atoms with Gasteiger partial charge in [-0.2, -0.15) is 0 Å². The number of carbonyl (C=O) groups is 1. The van der Waals surface area contributed by atoms with Crippen molar-refractivity contribution in [2.24, 2.45) is 5.92 Å². The average molecular weight is 971 g/mol. The Balaban J connectivity index is 0.970. The van der Waals surface area contributed by atoms with E-state index in [1.807, 2.05) is 0 Å². The van der Waals surface area contributed by atoms with E-state index in [0.29, 0.717) is 38.5 Å². The van der Waals surface area contributed by atoms with Crippen LogP contribution in [0.25, 0.3) is 0 Å². The maximum Gasteiger partial charge on any atom is 0.308 e. The van der Waals surface area contributed by atoms with Crippen molar-refractivity contribution in [2.45, 2.75) is 245 Å². The van der Waals surface area contributed by atoms with Gasteiger partial charge in [-0.3, -0.25) is 4.79 Å². The summed E-state index contributed by atoms with van der Waals surface area (Å²) >= 11 is 2.43. The summed E-state index contributed by atoms with van der Waals surface area (Å²) < 4.78 is 68.9. The first-order chi connectivity index (χ1) is 28.9. The van der Waals surface area contributed by atoms with Gasteiger partial charge in [-0.15, -0.1) is 0 Å². The highest BCUT2D eigenvalue weighted by Gasteiger charge is 2.60. The molecule has 0 aliphatic carbocycles. The molecule has 1 N–H and O–H groups in total. The molecular formula is C46H71IO12Si. The number of aliphatic hydroxyl groups excluding tert-OH is 1. The Kier molecular flexibility index (Phi) is 13.7. The van der Waals surface area contributed by atoms with Crippen LogP contribution in [0.2, 0.25) is 18.1 Å². The molecule has 338 valence electrons. The van der Waals surface area contributed by atoms with Gasteiger partial charge in [0.2, 0.25) is 0 Å². The summed E-state index contributed by atoms with van der Waals surface area (Å²) in [5, 5.41) is 11.2. The van der Waals surface area contributed by atoms with E-state index in [4.69, 9.17) is 47.1 Å².